The molecular weight excluding hydrogens is 527 g/mol. The summed E-state index contributed by atoms with van der Waals surface area (Å²) < 4.78 is 21.6. The fraction of sp³-hybridized carbons (Fsp3) is 0.423. The lowest BCUT2D eigenvalue weighted by molar-refractivity contribution is -0.138. The summed E-state index contributed by atoms with van der Waals surface area (Å²) in [6.45, 7) is 5.61. The lowest BCUT2D eigenvalue weighted by atomic mass is 10.0. The van der Waals surface area contributed by atoms with Crippen molar-refractivity contribution in [2.75, 3.05) is 20.2 Å². The molecule has 11 nitrogen and oxygen atoms in total. The lowest BCUT2D eigenvalue weighted by Gasteiger charge is -2.31. The van der Waals surface area contributed by atoms with Gasteiger partial charge < -0.3 is 14.7 Å². The quantitative estimate of drug-likeness (QED) is 0.371. The number of fused-ring (bicyclic) bond motifs is 1. The third-order valence-electron chi connectivity index (χ3n) is 7.17. The zero-order chi connectivity index (χ0) is 28.1. The van der Waals surface area contributed by atoms with Gasteiger partial charge in [-0.25, -0.2) is 13.8 Å². The highest BCUT2D eigenvalue weighted by molar-refractivity contribution is 7.21. The monoisotopic (exact) mass is 556 g/mol. The third kappa shape index (κ3) is 4.44. The van der Waals surface area contributed by atoms with Gasteiger partial charge in [0.15, 0.2) is 0 Å². The Labute approximate surface area is 226 Å². The Kier molecular flexibility index (Phi) is 6.89. The number of thiophene rings is 1. The molecule has 1 N–H and O–H groups in total. The number of carbonyl (C=O) groups excluding carboxylic acids is 1. The number of halogens is 1. The van der Waals surface area contributed by atoms with E-state index in [2.05, 4.69) is 10.2 Å². The van der Waals surface area contributed by atoms with E-state index in [1.807, 2.05) is 0 Å². The lowest BCUT2D eigenvalue weighted by Crippen LogP contribution is -2.56. The standard InChI is InChI=1S/C26H29FN6O5S/c1-15-20-21(35)32(26(2,3)24(36)30-11-5-6-12-30)25(37)31(23(20)39-22(15)33-28-9-10-29-33)14-18(34)17-13-16(27)7-8-19(17)38-4/h7-10,13,18,34H,5-6,11-12,14H2,1-4H3/t18-/m0/s1. The number of methoxy groups -OCH3 is 1. The molecule has 1 saturated heterocycles. The third-order valence-corrected chi connectivity index (χ3v) is 8.45. The van der Waals surface area contributed by atoms with Gasteiger partial charge in [-0.15, -0.1) is 4.80 Å². The van der Waals surface area contributed by atoms with Crippen molar-refractivity contribution >= 4 is 27.5 Å². The van der Waals surface area contributed by atoms with E-state index in [0.717, 1.165) is 34.8 Å². The van der Waals surface area contributed by atoms with E-state index in [4.69, 9.17) is 4.74 Å². The first kappa shape index (κ1) is 26.8. The number of hydrogen-bond donors (Lipinski definition) is 1. The Bertz CT molecular complexity index is 1670. The molecule has 1 atom stereocenters. The van der Waals surface area contributed by atoms with Crippen LogP contribution in [0.25, 0.3) is 15.2 Å². The Morgan fingerprint density at radius 1 is 1.21 bits per heavy atom. The number of aromatic nitrogens is 5. The van der Waals surface area contributed by atoms with Gasteiger partial charge >= 0.3 is 5.69 Å². The summed E-state index contributed by atoms with van der Waals surface area (Å²) >= 11 is 1.12. The van der Waals surface area contributed by atoms with Crippen LogP contribution >= 0.6 is 11.3 Å². The number of amides is 1. The number of aliphatic hydroxyl groups is 1. The molecule has 206 valence electrons. The van der Waals surface area contributed by atoms with Crippen molar-refractivity contribution in [1.29, 1.82) is 0 Å². The van der Waals surface area contributed by atoms with Crippen LogP contribution in [-0.2, 0) is 16.9 Å². The normalized spacial score (nSPS) is 14.8. The molecule has 1 fully saturated rings. The molecule has 39 heavy (non-hydrogen) atoms. The predicted octanol–water partition coefficient (Wildman–Crippen LogP) is 2.35. The van der Waals surface area contributed by atoms with Gasteiger partial charge in [0.05, 0.1) is 31.4 Å². The van der Waals surface area contributed by atoms with Crippen LogP contribution in [0.1, 0.15) is 43.9 Å². The minimum absolute atomic E-state index is 0.143. The fourth-order valence-electron chi connectivity index (χ4n) is 5.14. The van der Waals surface area contributed by atoms with E-state index in [0.29, 0.717) is 23.7 Å². The highest BCUT2D eigenvalue weighted by Gasteiger charge is 2.39. The Balaban J connectivity index is 1.75. The number of rotatable bonds is 7. The van der Waals surface area contributed by atoms with Crippen LogP contribution in [0.3, 0.4) is 0 Å². The van der Waals surface area contributed by atoms with Crippen LogP contribution in [0.2, 0.25) is 0 Å². The molecule has 0 saturated carbocycles. The van der Waals surface area contributed by atoms with Crippen molar-refractivity contribution in [1.82, 2.24) is 29.0 Å². The number of ether oxygens (including phenoxy) is 1. The summed E-state index contributed by atoms with van der Waals surface area (Å²) in [7, 11) is 1.40. The second kappa shape index (κ2) is 10.0. The van der Waals surface area contributed by atoms with Crippen LogP contribution in [0.15, 0.2) is 40.2 Å². The zero-order valence-corrected chi connectivity index (χ0v) is 22.9. The summed E-state index contributed by atoms with van der Waals surface area (Å²) in [5.41, 5.74) is -2.21. The Hall–Kier alpha value is -3.84. The van der Waals surface area contributed by atoms with Crippen molar-refractivity contribution in [3.63, 3.8) is 0 Å². The number of carbonyl (C=O) groups is 1. The van der Waals surface area contributed by atoms with Gasteiger partial charge in [0.25, 0.3) is 5.56 Å². The Morgan fingerprint density at radius 3 is 2.51 bits per heavy atom. The largest absolute Gasteiger partial charge is 0.496 e. The number of likely N-dealkylation sites (tertiary alicyclic amines) is 1. The van der Waals surface area contributed by atoms with Crippen LogP contribution in [0.4, 0.5) is 4.39 Å². The van der Waals surface area contributed by atoms with Crippen LogP contribution in [0, 0.1) is 12.7 Å². The van der Waals surface area contributed by atoms with E-state index in [1.165, 1.54) is 41.0 Å². The summed E-state index contributed by atoms with van der Waals surface area (Å²) in [6, 6.07) is 3.74. The first-order chi connectivity index (χ1) is 18.6. The number of benzene rings is 1. The SMILES string of the molecule is COc1ccc(F)cc1[C@@H](O)Cn1c(=O)n(C(C)(C)C(=O)N2CCCC2)c(=O)c2c(C)c(-n3nccn3)sc21. The van der Waals surface area contributed by atoms with Crippen molar-refractivity contribution in [2.45, 2.75) is 51.8 Å². The second-order valence-corrected chi connectivity index (χ2v) is 11.0. The molecule has 0 aliphatic carbocycles. The maximum absolute atomic E-state index is 14.1. The van der Waals surface area contributed by atoms with Crippen molar-refractivity contribution in [2.24, 2.45) is 0 Å². The maximum atomic E-state index is 14.1. The molecule has 0 bridgehead atoms. The van der Waals surface area contributed by atoms with Gasteiger partial charge in [0, 0.05) is 24.2 Å². The molecule has 3 aromatic heterocycles. The van der Waals surface area contributed by atoms with Crippen LogP contribution in [-0.4, -0.2) is 60.2 Å². The number of aryl methyl sites for hydroxylation is 1. The van der Waals surface area contributed by atoms with E-state index < -0.39 is 28.7 Å². The molecule has 1 aromatic carbocycles. The van der Waals surface area contributed by atoms with Gasteiger partial charge in [-0.05, 0) is 51.8 Å². The molecule has 0 spiro atoms. The van der Waals surface area contributed by atoms with Gasteiger partial charge in [0.2, 0.25) is 5.91 Å². The number of hydrogen-bond acceptors (Lipinski definition) is 8. The minimum Gasteiger partial charge on any atom is -0.496 e. The summed E-state index contributed by atoms with van der Waals surface area (Å²) in [6.07, 6.45) is 3.32. The smallest absolute Gasteiger partial charge is 0.333 e. The highest BCUT2D eigenvalue weighted by Crippen LogP contribution is 2.33. The summed E-state index contributed by atoms with van der Waals surface area (Å²) in [5, 5.41) is 20.3. The molecule has 0 radical (unpaired) electrons. The average molecular weight is 557 g/mol. The first-order valence-electron chi connectivity index (χ1n) is 12.5. The second-order valence-electron chi connectivity index (χ2n) is 10.0. The number of nitrogens with zero attached hydrogens (tertiary/aromatic N) is 6. The molecule has 4 heterocycles. The molecule has 0 unspecified atom stereocenters. The predicted molar refractivity (Wildman–Crippen MR) is 143 cm³/mol. The molecule has 4 aromatic rings. The molecule has 1 aliphatic heterocycles. The topological polar surface area (TPSA) is 124 Å². The van der Waals surface area contributed by atoms with Crippen molar-refractivity contribution in [3.8, 4) is 10.8 Å². The molecule has 1 amide bonds. The molecular formula is C26H29FN6O5S. The molecule has 13 heteroatoms. The van der Waals surface area contributed by atoms with Gasteiger partial charge in [0.1, 0.15) is 33.0 Å². The van der Waals surface area contributed by atoms with E-state index in [9.17, 15) is 23.9 Å². The van der Waals surface area contributed by atoms with Crippen molar-refractivity contribution in [3.05, 3.63) is 68.4 Å². The number of aliphatic hydroxyl groups excluding tert-OH is 1. The fourth-order valence-corrected chi connectivity index (χ4v) is 6.36. The highest BCUT2D eigenvalue weighted by atomic mass is 32.1. The van der Waals surface area contributed by atoms with E-state index in [-0.39, 0.29) is 34.0 Å². The van der Waals surface area contributed by atoms with Crippen molar-refractivity contribution < 1.29 is 19.0 Å². The van der Waals surface area contributed by atoms with Crippen LogP contribution < -0.4 is 16.0 Å². The Morgan fingerprint density at radius 2 is 1.87 bits per heavy atom. The van der Waals surface area contributed by atoms with E-state index in [1.54, 1.807) is 25.7 Å². The van der Waals surface area contributed by atoms with Gasteiger partial charge in [-0.1, -0.05) is 11.3 Å². The summed E-state index contributed by atoms with van der Waals surface area (Å²) in [4.78, 5) is 44.9. The molecule has 1 aliphatic rings. The maximum Gasteiger partial charge on any atom is 0.333 e. The van der Waals surface area contributed by atoms with Gasteiger partial charge in [-0.2, -0.15) is 10.2 Å². The van der Waals surface area contributed by atoms with Crippen LogP contribution in [0.5, 0.6) is 5.75 Å². The summed E-state index contributed by atoms with van der Waals surface area (Å²) in [5.74, 6) is -0.669. The first-order valence-corrected chi connectivity index (χ1v) is 13.3. The van der Waals surface area contributed by atoms with E-state index >= 15 is 0 Å². The average Bonchev–Trinajstić information content (AvgIpc) is 3.67. The van der Waals surface area contributed by atoms with Gasteiger partial charge in [-0.3, -0.25) is 14.2 Å². The zero-order valence-electron chi connectivity index (χ0n) is 22.0. The minimum atomic E-state index is -1.51. The molecule has 5 rings (SSSR count).